The van der Waals surface area contributed by atoms with E-state index in [9.17, 15) is 9.59 Å². The van der Waals surface area contributed by atoms with Crippen molar-refractivity contribution in [3.63, 3.8) is 0 Å². The summed E-state index contributed by atoms with van der Waals surface area (Å²) in [5.74, 6) is 0.0752. The molecule has 2 heterocycles. The lowest BCUT2D eigenvalue weighted by molar-refractivity contribution is -0.160. The summed E-state index contributed by atoms with van der Waals surface area (Å²) >= 11 is 0. The lowest BCUT2D eigenvalue weighted by Gasteiger charge is -2.40. The van der Waals surface area contributed by atoms with Crippen LogP contribution in [0.15, 0.2) is 0 Å². The van der Waals surface area contributed by atoms with Crippen LogP contribution in [0.2, 0.25) is 0 Å². The fourth-order valence-electron chi connectivity index (χ4n) is 2.71. The first-order valence-electron chi connectivity index (χ1n) is 6.72. The van der Waals surface area contributed by atoms with Gasteiger partial charge in [0.15, 0.2) is 6.23 Å². The maximum Gasteiger partial charge on any atom is 0.322 e. The van der Waals surface area contributed by atoms with Gasteiger partial charge in [-0.25, -0.2) is 4.79 Å². The Kier molecular flexibility index (Phi) is 3.78. The van der Waals surface area contributed by atoms with Crippen LogP contribution in [0.5, 0.6) is 0 Å². The average molecular weight is 254 g/mol. The number of amides is 2. The van der Waals surface area contributed by atoms with Crippen LogP contribution in [0.4, 0.5) is 4.79 Å². The molecule has 0 aromatic heterocycles. The van der Waals surface area contributed by atoms with Crippen LogP contribution in [-0.2, 0) is 9.53 Å². The molecule has 0 N–H and O–H groups in total. The minimum Gasteiger partial charge on any atom is -0.441 e. The predicted molar refractivity (Wildman–Crippen MR) is 66.8 cm³/mol. The van der Waals surface area contributed by atoms with Crippen LogP contribution >= 0.6 is 0 Å². The highest BCUT2D eigenvalue weighted by molar-refractivity contribution is 5.77. The van der Waals surface area contributed by atoms with Crippen LogP contribution < -0.4 is 0 Å². The van der Waals surface area contributed by atoms with E-state index in [1.807, 2.05) is 18.7 Å². The van der Waals surface area contributed by atoms with Gasteiger partial charge >= 0.3 is 12.0 Å². The molecule has 2 atom stereocenters. The molecular weight excluding hydrogens is 232 g/mol. The van der Waals surface area contributed by atoms with Crippen LogP contribution in [0.1, 0.15) is 39.5 Å². The van der Waals surface area contributed by atoms with E-state index in [-0.39, 0.29) is 30.2 Å². The molecule has 2 amide bonds. The second-order valence-corrected chi connectivity index (χ2v) is 5.66. The SMILES string of the molecule is CC(C)CC(=O)OC1CC2CCCN2C(=O)N1C. The number of fused-ring (bicyclic) bond motifs is 1. The van der Waals surface area contributed by atoms with Gasteiger partial charge in [-0.15, -0.1) is 0 Å². The molecule has 2 unspecified atom stereocenters. The highest BCUT2D eigenvalue weighted by atomic mass is 16.6. The zero-order valence-electron chi connectivity index (χ0n) is 11.4. The van der Waals surface area contributed by atoms with Gasteiger partial charge in [0.1, 0.15) is 0 Å². The molecule has 0 saturated carbocycles. The Morgan fingerprint density at radius 1 is 1.50 bits per heavy atom. The van der Waals surface area contributed by atoms with Gasteiger partial charge < -0.3 is 9.64 Å². The van der Waals surface area contributed by atoms with Gasteiger partial charge in [-0.3, -0.25) is 9.69 Å². The van der Waals surface area contributed by atoms with Crippen molar-refractivity contribution in [2.45, 2.75) is 51.8 Å². The van der Waals surface area contributed by atoms with Crippen molar-refractivity contribution < 1.29 is 14.3 Å². The summed E-state index contributed by atoms with van der Waals surface area (Å²) in [5.41, 5.74) is 0. The van der Waals surface area contributed by atoms with Crippen molar-refractivity contribution in [1.82, 2.24) is 9.80 Å². The Morgan fingerprint density at radius 2 is 2.22 bits per heavy atom. The number of rotatable bonds is 3. The standard InChI is InChI=1S/C13H22N2O3/c1-9(2)7-12(16)18-11-8-10-5-4-6-15(10)13(17)14(11)3/h9-11H,4-8H2,1-3H3. The van der Waals surface area contributed by atoms with Gasteiger partial charge in [-0.2, -0.15) is 0 Å². The first-order valence-corrected chi connectivity index (χ1v) is 6.72. The van der Waals surface area contributed by atoms with Gasteiger partial charge in [0.25, 0.3) is 0 Å². The van der Waals surface area contributed by atoms with E-state index in [4.69, 9.17) is 4.74 Å². The summed E-state index contributed by atoms with van der Waals surface area (Å²) in [6, 6.07) is 0.247. The zero-order chi connectivity index (χ0) is 13.3. The molecule has 2 saturated heterocycles. The second kappa shape index (κ2) is 5.16. The average Bonchev–Trinajstić information content (AvgIpc) is 2.72. The molecule has 5 nitrogen and oxygen atoms in total. The number of esters is 1. The zero-order valence-corrected chi connectivity index (χ0v) is 11.4. The molecular formula is C13H22N2O3. The third-order valence-corrected chi connectivity index (χ3v) is 3.67. The van der Waals surface area contributed by atoms with E-state index in [0.29, 0.717) is 6.42 Å². The van der Waals surface area contributed by atoms with Gasteiger partial charge in [0.05, 0.1) is 0 Å². The van der Waals surface area contributed by atoms with E-state index in [2.05, 4.69) is 0 Å². The molecule has 2 aliphatic heterocycles. The molecule has 0 aromatic rings. The molecule has 18 heavy (non-hydrogen) atoms. The Hall–Kier alpha value is -1.26. The van der Waals surface area contributed by atoms with Gasteiger partial charge in [0.2, 0.25) is 0 Å². The molecule has 2 rings (SSSR count). The minimum absolute atomic E-state index is 0.00824. The van der Waals surface area contributed by atoms with Crippen molar-refractivity contribution in [1.29, 1.82) is 0 Å². The van der Waals surface area contributed by atoms with Crippen LogP contribution in [0.3, 0.4) is 0 Å². The lowest BCUT2D eigenvalue weighted by atomic mass is 10.1. The topological polar surface area (TPSA) is 49.9 Å². The predicted octanol–water partition coefficient (Wildman–Crippen LogP) is 1.82. The van der Waals surface area contributed by atoms with Crippen molar-refractivity contribution >= 4 is 12.0 Å². The molecule has 0 aromatic carbocycles. The van der Waals surface area contributed by atoms with Crippen LogP contribution in [0.25, 0.3) is 0 Å². The van der Waals surface area contributed by atoms with Gasteiger partial charge in [-0.1, -0.05) is 13.8 Å². The van der Waals surface area contributed by atoms with Crippen molar-refractivity contribution in [3.8, 4) is 0 Å². The maximum atomic E-state index is 12.1. The summed E-state index contributed by atoms with van der Waals surface area (Å²) in [6.07, 6.45) is 2.84. The number of carbonyl (C=O) groups excluding carboxylic acids is 2. The normalized spacial score (nSPS) is 27.7. The van der Waals surface area contributed by atoms with E-state index in [1.165, 1.54) is 0 Å². The van der Waals surface area contributed by atoms with E-state index < -0.39 is 0 Å². The number of carbonyl (C=O) groups is 2. The van der Waals surface area contributed by atoms with Crippen LogP contribution in [0, 0.1) is 5.92 Å². The summed E-state index contributed by atoms with van der Waals surface area (Å²) in [4.78, 5) is 27.2. The van der Waals surface area contributed by atoms with E-state index in [0.717, 1.165) is 25.8 Å². The Bertz CT molecular complexity index is 343. The van der Waals surface area contributed by atoms with Crippen molar-refractivity contribution in [2.24, 2.45) is 5.92 Å². The van der Waals surface area contributed by atoms with E-state index in [1.54, 1.807) is 11.9 Å². The summed E-state index contributed by atoms with van der Waals surface area (Å²) in [5, 5.41) is 0. The first kappa shape index (κ1) is 13.2. The molecule has 0 aliphatic carbocycles. The minimum atomic E-state index is -0.386. The quantitative estimate of drug-likeness (QED) is 0.722. The van der Waals surface area contributed by atoms with Crippen molar-refractivity contribution in [3.05, 3.63) is 0 Å². The van der Waals surface area contributed by atoms with Gasteiger partial charge in [-0.05, 0) is 18.8 Å². The van der Waals surface area contributed by atoms with Gasteiger partial charge in [0, 0.05) is 32.5 Å². The third kappa shape index (κ3) is 2.60. The summed E-state index contributed by atoms with van der Waals surface area (Å²) in [6.45, 7) is 4.80. The Morgan fingerprint density at radius 3 is 2.89 bits per heavy atom. The third-order valence-electron chi connectivity index (χ3n) is 3.67. The smallest absolute Gasteiger partial charge is 0.322 e. The first-order chi connectivity index (χ1) is 8.49. The van der Waals surface area contributed by atoms with Crippen LogP contribution in [-0.4, -0.2) is 47.7 Å². The summed E-state index contributed by atoms with van der Waals surface area (Å²) < 4.78 is 5.43. The molecule has 2 aliphatic rings. The van der Waals surface area contributed by atoms with E-state index >= 15 is 0 Å². The van der Waals surface area contributed by atoms with Crippen molar-refractivity contribution in [2.75, 3.05) is 13.6 Å². The molecule has 0 spiro atoms. The molecule has 0 radical (unpaired) electrons. The highest BCUT2D eigenvalue weighted by Gasteiger charge is 2.41. The fourth-order valence-corrected chi connectivity index (χ4v) is 2.71. The fraction of sp³-hybridized carbons (Fsp3) is 0.846. The monoisotopic (exact) mass is 254 g/mol. The molecule has 5 heteroatoms. The highest BCUT2D eigenvalue weighted by Crippen LogP contribution is 2.29. The molecule has 0 bridgehead atoms. The number of nitrogens with zero attached hydrogens (tertiary/aromatic N) is 2. The number of urea groups is 1. The Labute approximate surface area is 108 Å². The number of hydrogen-bond acceptors (Lipinski definition) is 3. The lowest BCUT2D eigenvalue weighted by Crippen LogP contribution is -2.56. The maximum absolute atomic E-state index is 12.1. The number of hydrogen-bond donors (Lipinski definition) is 0. The largest absolute Gasteiger partial charge is 0.441 e. The second-order valence-electron chi connectivity index (χ2n) is 5.66. The molecule has 102 valence electrons. The summed E-state index contributed by atoms with van der Waals surface area (Å²) in [7, 11) is 1.71. The number of ether oxygens (including phenoxy) is 1. The molecule has 2 fully saturated rings. The Balaban J connectivity index is 1.96.